The van der Waals surface area contributed by atoms with Crippen molar-refractivity contribution in [1.82, 2.24) is 5.32 Å². The van der Waals surface area contributed by atoms with Crippen molar-refractivity contribution >= 4 is 11.9 Å². The molecule has 0 saturated heterocycles. The molecule has 21 heavy (non-hydrogen) atoms. The van der Waals surface area contributed by atoms with Crippen LogP contribution in [-0.4, -0.2) is 43.8 Å². The van der Waals surface area contributed by atoms with E-state index in [2.05, 4.69) is 15.3 Å². The van der Waals surface area contributed by atoms with Crippen LogP contribution in [0.1, 0.15) is 26.7 Å². The summed E-state index contributed by atoms with van der Waals surface area (Å²) in [5.41, 5.74) is 9.07. The van der Waals surface area contributed by atoms with Crippen LogP contribution in [0.3, 0.4) is 0 Å². The second kappa shape index (κ2) is 8.28. The van der Waals surface area contributed by atoms with Gasteiger partial charge in [-0.1, -0.05) is 12.0 Å². The second-order valence-corrected chi connectivity index (χ2v) is 4.72. The van der Waals surface area contributed by atoms with Crippen LogP contribution in [-0.2, 0) is 19.1 Å². The van der Waals surface area contributed by atoms with E-state index >= 15 is 0 Å². The number of hydrogen-bond acceptors (Lipinski definition) is 5. The fraction of sp³-hybridized carbons (Fsp3) is 0.692. The first-order valence-corrected chi connectivity index (χ1v) is 6.75. The summed E-state index contributed by atoms with van der Waals surface area (Å²) < 4.78 is 10.4. The Hall–Kier alpha value is -2.05. The molecule has 0 unspecified atom stereocenters. The van der Waals surface area contributed by atoms with E-state index in [1.165, 1.54) is 14.0 Å². The fourth-order valence-corrected chi connectivity index (χ4v) is 2.22. The number of carbonyl (C=O) groups is 2. The van der Waals surface area contributed by atoms with E-state index in [0.29, 0.717) is 12.2 Å². The SMILES string of the molecule is CCCO[C@@H]1C=C(C(=O)OC)C[C@H](N=[N+]=[N-])[C@H]1NC(C)=O. The van der Waals surface area contributed by atoms with Crippen LogP contribution in [0.15, 0.2) is 16.8 Å². The number of nitrogens with zero attached hydrogens (tertiary/aromatic N) is 3. The lowest BCUT2D eigenvalue weighted by Crippen LogP contribution is -2.52. The van der Waals surface area contributed by atoms with Gasteiger partial charge in [-0.15, -0.1) is 0 Å². The third-order valence-electron chi connectivity index (χ3n) is 3.09. The Morgan fingerprint density at radius 2 is 2.29 bits per heavy atom. The molecule has 0 aromatic rings. The van der Waals surface area contributed by atoms with Gasteiger partial charge in [-0.3, -0.25) is 4.79 Å². The van der Waals surface area contributed by atoms with Gasteiger partial charge >= 0.3 is 5.97 Å². The van der Waals surface area contributed by atoms with Crippen molar-refractivity contribution in [3.05, 3.63) is 22.1 Å². The number of hydrogen-bond donors (Lipinski definition) is 1. The molecule has 8 nitrogen and oxygen atoms in total. The van der Waals surface area contributed by atoms with Crippen LogP contribution in [0.4, 0.5) is 0 Å². The molecule has 0 bridgehead atoms. The maximum absolute atomic E-state index is 11.7. The third-order valence-corrected chi connectivity index (χ3v) is 3.09. The van der Waals surface area contributed by atoms with E-state index in [1.54, 1.807) is 6.08 Å². The first-order valence-electron chi connectivity index (χ1n) is 6.75. The van der Waals surface area contributed by atoms with E-state index in [1.807, 2.05) is 6.92 Å². The van der Waals surface area contributed by atoms with Gasteiger partial charge in [0.2, 0.25) is 5.91 Å². The summed E-state index contributed by atoms with van der Waals surface area (Å²) in [6, 6.07) is -1.10. The van der Waals surface area contributed by atoms with E-state index in [4.69, 9.17) is 15.0 Å². The first kappa shape index (κ1) is 17.0. The van der Waals surface area contributed by atoms with Crippen LogP contribution in [0, 0.1) is 0 Å². The monoisotopic (exact) mass is 296 g/mol. The smallest absolute Gasteiger partial charge is 0.333 e. The molecule has 0 radical (unpaired) electrons. The van der Waals surface area contributed by atoms with Gasteiger partial charge in [0.05, 0.1) is 25.3 Å². The molecule has 0 aromatic carbocycles. The quantitative estimate of drug-likeness (QED) is 0.346. The van der Waals surface area contributed by atoms with E-state index in [-0.39, 0.29) is 12.3 Å². The zero-order valence-corrected chi connectivity index (χ0v) is 12.4. The summed E-state index contributed by atoms with van der Waals surface area (Å²) in [6.45, 7) is 3.80. The van der Waals surface area contributed by atoms with Crippen LogP contribution in [0.2, 0.25) is 0 Å². The van der Waals surface area contributed by atoms with Crippen molar-refractivity contribution in [2.45, 2.75) is 44.9 Å². The summed E-state index contributed by atoms with van der Waals surface area (Å²) >= 11 is 0. The average molecular weight is 296 g/mol. The average Bonchev–Trinajstić information content (AvgIpc) is 2.46. The van der Waals surface area contributed by atoms with Gasteiger partial charge in [0.1, 0.15) is 0 Å². The minimum absolute atomic E-state index is 0.202. The van der Waals surface area contributed by atoms with Gasteiger partial charge < -0.3 is 14.8 Å². The number of rotatable bonds is 6. The summed E-state index contributed by atoms with van der Waals surface area (Å²) in [5, 5.41) is 6.41. The lowest BCUT2D eigenvalue weighted by molar-refractivity contribution is -0.136. The van der Waals surface area contributed by atoms with Crippen molar-refractivity contribution in [3.63, 3.8) is 0 Å². The minimum atomic E-state index is -0.597. The lowest BCUT2D eigenvalue weighted by Gasteiger charge is -2.34. The van der Waals surface area contributed by atoms with E-state index in [9.17, 15) is 9.59 Å². The number of ether oxygens (including phenoxy) is 2. The zero-order chi connectivity index (χ0) is 15.8. The fourth-order valence-electron chi connectivity index (χ4n) is 2.22. The zero-order valence-electron chi connectivity index (χ0n) is 12.4. The second-order valence-electron chi connectivity index (χ2n) is 4.72. The summed E-state index contributed by atoms with van der Waals surface area (Å²) in [4.78, 5) is 25.8. The molecule has 0 heterocycles. The molecule has 1 aliphatic carbocycles. The largest absolute Gasteiger partial charge is 0.466 e. The molecule has 0 saturated carbocycles. The van der Waals surface area contributed by atoms with E-state index in [0.717, 1.165) is 6.42 Å². The van der Waals surface area contributed by atoms with Crippen molar-refractivity contribution in [3.8, 4) is 0 Å². The normalized spacial score (nSPS) is 24.5. The molecule has 0 aromatic heterocycles. The van der Waals surface area contributed by atoms with Gasteiger partial charge in [0, 0.05) is 24.0 Å². The van der Waals surface area contributed by atoms with Gasteiger partial charge in [0.15, 0.2) is 0 Å². The Bertz CT molecular complexity index is 471. The molecule has 1 rings (SSSR count). The number of azide groups is 1. The predicted octanol–water partition coefficient (Wildman–Crippen LogP) is 1.47. The Balaban J connectivity index is 3.08. The van der Waals surface area contributed by atoms with Crippen LogP contribution >= 0.6 is 0 Å². The standard InChI is InChI=1S/C13H20N4O4/c1-4-5-21-11-7-9(13(19)20-3)6-10(16-17-14)12(11)15-8(2)18/h7,10-12H,4-6H2,1-3H3,(H,15,18)/t10-,11+,12+/m0/s1. The third kappa shape index (κ3) is 4.77. The molecule has 0 aliphatic heterocycles. The number of methoxy groups -OCH3 is 1. The van der Waals surface area contributed by atoms with Crippen molar-refractivity contribution < 1.29 is 19.1 Å². The van der Waals surface area contributed by atoms with Gasteiger partial charge in [0.25, 0.3) is 0 Å². The number of amides is 1. The number of carbonyl (C=O) groups excluding carboxylic acids is 2. The van der Waals surface area contributed by atoms with Gasteiger partial charge in [-0.05, 0) is 24.4 Å². The maximum Gasteiger partial charge on any atom is 0.333 e. The number of nitrogens with one attached hydrogen (secondary N) is 1. The van der Waals surface area contributed by atoms with Gasteiger partial charge in [-0.2, -0.15) is 0 Å². The highest BCUT2D eigenvalue weighted by atomic mass is 16.5. The summed E-state index contributed by atoms with van der Waals surface area (Å²) in [7, 11) is 1.29. The van der Waals surface area contributed by atoms with Crippen LogP contribution in [0.25, 0.3) is 10.4 Å². The Morgan fingerprint density at radius 1 is 1.57 bits per heavy atom. The minimum Gasteiger partial charge on any atom is -0.466 e. The highest BCUT2D eigenvalue weighted by Crippen LogP contribution is 2.25. The molecule has 0 fully saturated rings. The molecule has 1 aliphatic rings. The van der Waals surface area contributed by atoms with E-state index < -0.39 is 24.2 Å². The Labute approximate surface area is 123 Å². The predicted molar refractivity (Wildman–Crippen MR) is 75.3 cm³/mol. The van der Waals surface area contributed by atoms with Crippen LogP contribution in [0.5, 0.6) is 0 Å². The van der Waals surface area contributed by atoms with Crippen molar-refractivity contribution in [2.75, 3.05) is 13.7 Å². The molecule has 8 heteroatoms. The summed E-state index contributed by atoms with van der Waals surface area (Å²) in [6.07, 6.45) is 2.09. The van der Waals surface area contributed by atoms with Crippen LogP contribution < -0.4 is 5.32 Å². The van der Waals surface area contributed by atoms with Gasteiger partial charge in [-0.25, -0.2) is 4.79 Å². The van der Waals surface area contributed by atoms with Crippen molar-refractivity contribution in [1.29, 1.82) is 0 Å². The number of esters is 1. The Morgan fingerprint density at radius 3 is 2.81 bits per heavy atom. The first-order chi connectivity index (χ1) is 10.0. The molecular formula is C13H20N4O4. The maximum atomic E-state index is 11.7. The molecule has 0 spiro atoms. The molecule has 116 valence electrons. The van der Waals surface area contributed by atoms with Crippen molar-refractivity contribution in [2.24, 2.45) is 5.11 Å². The molecule has 3 atom stereocenters. The molecule has 1 amide bonds. The molecule has 1 N–H and O–H groups in total. The summed E-state index contributed by atoms with van der Waals surface area (Å²) in [5.74, 6) is -0.738. The topological polar surface area (TPSA) is 113 Å². The highest BCUT2D eigenvalue weighted by Gasteiger charge is 2.36. The molecular weight excluding hydrogens is 276 g/mol. The Kier molecular flexibility index (Phi) is 6.71. The lowest BCUT2D eigenvalue weighted by atomic mass is 9.88. The highest BCUT2D eigenvalue weighted by molar-refractivity contribution is 5.89.